The lowest BCUT2D eigenvalue weighted by atomic mass is 10.2. The number of rotatable bonds is 2. The maximum Gasteiger partial charge on any atom is 0.170 e. The molecule has 1 aromatic rings. The molecule has 12 heavy (non-hydrogen) atoms. The van der Waals surface area contributed by atoms with Crippen LogP contribution in [-0.2, 0) is 6.54 Å². The van der Waals surface area contributed by atoms with E-state index in [9.17, 15) is 4.39 Å². The molecule has 0 aliphatic rings. The number of nitrogens with zero attached hydrogens (tertiary/aromatic N) is 2. The van der Waals surface area contributed by atoms with Crippen LogP contribution >= 0.6 is 0 Å². The van der Waals surface area contributed by atoms with Gasteiger partial charge in [0.15, 0.2) is 11.6 Å². The van der Waals surface area contributed by atoms with E-state index in [2.05, 4.69) is 4.98 Å². The normalized spacial score (nSPS) is 10.0. The Labute approximate surface area is 71.0 Å². The fraction of sp³-hybridized carbons (Fsp3) is 0.375. The molecule has 0 saturated heterocycles. The van der Waals surface area contributed by atoms with Crippen LogP contribution in [0.1, 0.15) is 5.56 Å². The first kappa shape index (κ1) is 8.93. The minimum absolute atomic E-state index is 0.204. The van der Waals surface area contributed by atoms with E-state index < -0.39 is 0 Å². The lowest BCUT2D eigenvalue weighted by Gasteiger charge is -2.13. The summed E-state index contributed by atoms with van der Waals surface area (Å²) in [5.74, 6) is 0.00273. The summed E-state index contributed by atoms with van der Waals surface area (Å²) < 4.78 is 13.3. The average molecular weight is 169 g/mol. The maximum atomic E-state index is 13.3. The van der Waals surface area contributed by atoms with Gasteiger partial charge in [0.05, 0.1) is 0 Å². The zero-order valence-corrected chi connectivity index (χ0v) is 7.21. The van der Waals surface area contributed by atoms with Crippen LogP contribution in [0, 0.1) is 5.82 Å². The predicted molar refractivity (Wildman–Crippen MR) is 46.4 cm³/mol. The Bertz CT molecular complexity index is 273. The molecule has 0 bridgehead atoms. The molecule has 0 aliphatic carbocycles. The molecule has 3 nitrogen and oxygen atoms in total. The van der Waals surface area contributed by atoms with Gasteiger partial charge in [-0.3, -0.25) is 0 Å². The second-order valence-electron chi connectivity index (χ2n) is 2.71. The second kappa shape index (κ2) is 3.49. The molecular formula is C8H12FN3. The summed E-state index contributed by atoms with van der Waals surface area (Å²) in [6.07, 6.45) is 1.56. The molecule has 2 N–H and O–H groups in total. The smallest absolute Gasteiger partial charge is 0.170 e. The minimum atomic E-state index is -0.329. The number of nitrogens with two attached hydrogens (primary N) is 1. The van der Waals surface area contributed by atoms with Crippen molar-refractivity contribution in [2.24, 2.45) is 5.73 Å². The number of halogens is 1. The van der Waals surface area contributed by atoms with E-state index in [-0.39, 0.29) is 12.4 Å². The Morgan fingerprint density at radius 3 is 2.75 bits per heavy atom. The number of aromatic nitrogens is 1. The molecule has 0 aromatic carbocycles. The lowest BCUT2D eigenvalue weighted by Crippen LogP contribution is -2.14. The summed E-state index contributed by atoms with van der Waals surface area (Å²) in [4.78, 5) is 5.50. The van der Waals surface area contributed by atoms with Gasteiger partial charge >= 0.3 is 0 Å². The van der Waals surface area contributed by atoms with Gasteiger partial charge in [-0.1, -0.05) is 0 Å². The molecule has 66 valence electrons. The van der Waals surface area contributed by atoms with Gasteiger partial charge in [0, 0.05) is 32.4 Å². The lowest BCUT2D eigenvalue weighted by molar-refractivity contribution is 0.602. The maximum absolute atomic E-state index is 13.3. The molecule has 0 saturated carbocycles. The minimum Gasteiger partial charge on any atom is -0.360 e. The quantitative estimate of drug-likeness (QED) is 0.710. The largest absolute Gasteiger partial charge is 0.360 e. The SMILES string of the molecule is CN(C)c1nccc(CN)c1F. The van der Waals surface area contributed by atoms with Crippen LogP contribution in [0.2, 0.25) is 0 Å². The van der Waals surface area contributed by atoms with Crippen molar-refractivity contribution < 1.29 is 4.39 Å². The summed E-state index contributed by atoms with van der Waals surface area (Å²) in [5, 5.41) is 0. The monoisotopic (exact) mass is 169 g/mol. The van der Waals surface area contributed by atoms with Crippen molar-refractivity contribution in [1.82, 2.24) is 4.98 Å². The van der Waals surface area contributed by atoms with E-state index in [1.54, 1.807) is 31.3 Å². The Morgan fingerprint density at radius 1 is 1.58 bits per heavy atom. The number of anilines is 1. The first-order valence-electron chi connectivity index (χ1n) is 3.67. The average Bonchev–Trinajstić information content (AvgIpc) is 2.04. The van der Waals surface area contributed by atoms with Gasteiger partial charge < -0.3 is 10.6 Å². The highest BCUT2D eigenvalue weighted by Crippen LogP contribution is 2.16. The number of hydrogen-bond acceptors (Lipinski definition) is 3. The van der Waals surface area contributed by atoms with Crippen molar-refractivity contribution in [1.29, 1.82) is 0 Å². The highest BCUT2D eigenvalue weighted by molar-refractivity contribution is 5.41. The summed E-state index contributed by atoms with van der Waals surface area (Å²) in [5.41, 5.74) is 5.83. The molecule has 0 radical (unpaired) electrons. The zero-order chi connectivity index (χ0) is 9.14. The van der Waals surface area contributed by atoms with Crippen molar-refractivity contribution in [3.63, 3.8) is 0 Å². The predicted octanol–water partition coefficient (Wildman–Crippen LogP) is 0.745. The van der Waals surface area contributed by atoms with Crippen LogP contribution in [-0.4, -0.2) is 19.1 Å². The van der Waals surface area contributed by atoms with Crippen LogP contribution < -0.4 is 10.6 Å². The van der Waals surface area contributed by atoms with Crippen molar-refractivity contribution in [2.45, 2.75) is 6.54 Å². The molecule has 1 rings (SSSR count). The van der Waals surface area contributed by atoms with E-state index >= 15 is 0 Å². The highest BCUT2D eigenvalue weighted by atomic mass is 19.1. The van der Waals surface area contributed by atoms with Crippen LogP contribution in [0.25, 0.3) is 0 Å². The Hall–Kier alpha value is -1.16. The molecule has 0 spiro atoms. The van der Waals surface area contributed by atoms with Gasteiger partial charge in [-0.05, 0) is 6.07 Å². The molecule has 0 fully saturated rings. The topological polar surface area (TPSA) is 42.2 Å². The van der Waals surface area contributed by atoms with Crippen molar-refractivity contribution in [3.8, 4) is 0 Å². The standard InChI is InChI=1S/C8H12FN3/c1-12(2)8-7(9)6(5-10)3-4-11-8/h3-4H,5,10H2,1-2H3. The number of pyridine rings is 1. The van der Waals surface area contributed by atoms with Crippen molar-refractivity contribution in [3.05, 3.63) is 23.6 Å². The fourth-order valence-corrected chi connectivity index (χ4v) is 0.941. The van der Waals surface area contributed by atoms with Gasteiger partial charge in [-0.25, -0.2) is 9.37 Å². The molecule has 1 aromatic heterocycles. The van der Waals surface area contributed by atoms with Crippen LogP contribution in [0.15, 0.2) is 12.3 Å². The molecule has 1 heterocycles. The first-order chi connectivity index (χ1) is 5.66. The zero-order valence-electron chi connectivity index (χ0n) is 7.21. The Morgan fingerprint density at radius 2 is 2.25 bits per heavy atom. The van der Waals surface area contributed by atoms with E-state index in [1.165, 1.54) is 0 Å². The Kier molecular flexibility index (Phi) is 2.60. The molecular weight excluding hydrogens is 157 g/mol. The molecule has 0 unspecified atom stereocenters. The fourth-order valence-electron chi connectivity index (χ4n) is 0.941. The van der Waals surface area contributed by atoms with E-state index in [0.717, 1.165) is 0 Å². The first-order valence-corrected chi connectivity index (χ1v) is 3.67. The highest BCUT2D eigenvalue weighted by Gasteiger charge is 2.08. The second-order valence-corrected chi connectivity index (χ2v) is 2.71. The van der Waals surface area contributed by atoms with Crippen LogP contribution in [0.3, 0.4) is 0 Å². The van der Waals surface area contributed by atoms with Crippen LogP contribution in [0.5, 0.6) is 0 Å². The molecule has 0 aliphatic heterocycles. The van der Waals surface area contributed by atoms with Gasteiger partial charge in [0.2, 0.25) is 0 Å². The van der Waals surface area contributed by atoms with Crippen LogP contribution in [0.4, 0.5) is 10.2 Å². The van der Waals surface area contributed by atoms with E-state index in [1.807, 2.05) is 0 Å². The molecule has 4 heteroatoms. The van der Waals surface area contributed by atoms with Gasteiger partial charge in [-0.2, -0.15) is 0 Å². The third-order valence-corrected chi connectivity index (χ3v) is 1.59. The summed E-state index contributed by atoms with van der Waals surface area (Å²) in [6.45, 7) is 0.204. The van der Waals surface area contributed by atoms with E-state index in [0.29, 0.717) is 11.4 Å². The molecule has 0 atom stereocenters. The van der Waals surface area contributed by atoms with E-state index in [4.69, 9.17) is 5.73 Å². The van der Waals surface area contributed by atoms with Crippen molar-refractivity contribution in [2.75, 3.05) is 19.0 Å². The number of hydrogen-bond donors (Lipinski definition) is 1. The summed E-state index contributed by atoms with van der Waals surface area (Å²) in [7, 11) is 3.48. The third-order valence-electron chi connectivity index (χ3n) is 1.59. The van der Waals surface area contributed by atoms with Gasteiger partial charge in [0.1, 0.15) is 0 Å². The molecule has 0 amide bonds. The van der Waals surface area contributed by atoms with Gasteiger partial charge in [0.25, 0.3) is 0 Å². The summed E-state index contributed by atoms with van der Waals surface area (Å²) in [6, 6.07) is 1.59. The van der Waals surface area contributed by atoms with Gasteiger partial charge in [-0.15, -0.1) is 0 Å². The van der Waals surface area contributed by atoms with Crippen molar-refractivity contribution >= 4 is 5.82 Å². The summed E-state index contributed by atoms with van der Waals surface area (Å²) >= 11 is 0. The Balaban J connectivity index is 3.14. The third kappa shape index (κ3) is 1.53.